The average Bonchev–Trinajstić information content (AvgIpc) is 2.55. The predicted octanol–water partition coefficient (Wildman–Crippen LogP) is 3.53. The molecule has 0 saturated heterocycles. The van der Waals surface area contributed by atoms with Crippen LogP contribution in [-0.4, -0.2) is 21.0 Å². The molecule has 1 atom stereocenters. The van der Waals surface area contributed by atoms with Gasteiger partial charge in [0.05, 0.1) is 10.8 Å². The van der Waals surface area contributed by atoms with Gasteiger partial charge < -0.3 is 0 Å². The standard InChI is InChI=1S/C18H15ClO3S/c19-14-6-8-15(9-7-14)23(22)18-16(20)10-13(11-17(18)21)12-4-2-1-3-5-12/h1-9,13,18H,10-11H2/t13?,18?,23-/m1/s1. The van der Waals surface area contributed by atoms with Crippen molar-refractivity contribution in [3.63, 3.8) is 0 Å². The first-order valence-corrected chi connectivity index (χ1v) is 8.92. The summed E-state index contributed by atoms with van der Waals surface area (Å²) in [4.78, 5) is 25.3. The summed E-state index contributed by atoms with van der Waals surface area (Å²) in [6.45, 7) is 0. The third-order valence-corrected chi connectivity index (χ3v) is 5.95. The van der Waals surface area contributed by atoms with Crippen molar-refractivity contribution in [2.24, 2.45) is 0 Å². The van der Waals surface area contributed by atoms with Gasteiger partial charge in [-0.05, 0) is 35.7 Å². The monoisotopic (exact) mass is 346 g/mol. The van der Waals surface area contributed by atoms with Gasteiger partial charge in [0.1, 0.15) is 0 Å². The lowest BCUT2D eigenvalue weighted by Crippen LogP contribution is -2.40. The van der Waals surface area contributed by atoms with Crippen LogP contribution in [0.1, 0.15) is 24.3 Å². The van der Waals surface area contributed by atoms with E-state index in [0.29, 0.717) is 9.92 Å². The molecule has 0 aromatic heterocycles. The van der Waals surface area contributed by atoms with Gasteiger partial charge >= 0.3 is 0 Å². The summed E-state index contributed by atoms with van der Waals surface area (Å²) in [6.07, 6.45) is 0.500. The first-order valence-electron chi connectivity index (χ1n) is 7.33. The van der Waals surface area contributed by atoms with Crippen molar-refractivity contribution < 1.29 is 13.8 Å². The van der Waals surface area contributed by atoms with Crippen LogP contribution in [0.15, 0.2) is 59.5 Å². The zero-order chi connectivity index (χ0) is 16.4. The molecule has 2 aromatic rings. The van der Waals surface area contributed by atoms with Crippen molar-refractivity contribution in [2.45, 2.75) is 28.9 Å². The van der Waals surface area contributed by atoms with Crippen LogP contribution >= 0.6 is 11.6 Å². The second kappa shape index (κ2) is 6.77. The van der Waals surface area contributed by atoms with E-state index < -0.39 is 16.0 Å². The highest BCUT2D eigenvalue weighted by atomic mass is 35.5. The fourth-order valence-electron chi connectivity index (χ4n) is 2.86. The minimum Gasteiger partial charge on any atom is -0.298 e. The van der Waals surface area contributed by atoms with Crippen molar-refractivity contribution >= 4 is 34.0 Å². The van der Waals surface area contributed by atoms with Gasteiger partial charge in [-0.1, -0.05) is 41.9 Å². The fourth-order valence-corrected chi connectivity index (χ4v) is 4.33. The summed E-state index contributed by atoms with van der Waals surface area (Å²) in [5, 5.41) is -0.535. The van der Waals surface area contributed by atoms with Crippen LogP contribution in [0.2, 0.25) is 5.02 Å². The fraction of sp³-hybridized carbons (Fsp3) is 0.222. The lowest BCUT2D eigenvalue weighted by molar-refractivity contribution is -0.129. The minimum absolute atomic E-state index is 0.116. The summed E-state index contributed by atoms with van der Waals surface area (Å²) in [6, 6.07) is 15.9. The van der Waals surface area contributed by atoms with E-state index in [1.165, 1.54) is 0 Å². The van der Waals surface area contributed by atoms with Gasteiger partial charge in [-0.25, -0.2) is 0 Å². The molecule has 0 heterocycles. The molecule has 1 fully saturated rings. The Morgan fingerprint density at radius 1 is 0.870 bits per heavy atom. The number of halogens is 1. The van der Waals surface area contributed by atoms with Gasteiger partial charge in [-0.2, -0.15) is 0 Å². The normalized spacial score (nSPS) is 22.8. The number of ketones is 2. The van der Waals surface area contributed by atoms with Crippen molar-refractivity contribution in [3.8, 4) is 0 Å². The van der Waals surface area contributed by atoms with E-state index in [9.17, 15) is 13.8 Å². The van der Waals surface area contributed by atoms with E-state index in [0.717, 1.165) is 5.56 Å². The molecule has 118 valence electrons. The molecule has 1 aliphatic rings. The van der Waals surface area contributed by atoms with Crippen LogP contribution < -0.4 is 0 Å². The van der Waals surface area contributed by atoms with Crippen LogP contribution in [0.5, 0.6) is 0 Å². The van der Waals surface area contributed by atoms with Gasteiger partial charge in [0.25, 0.3) is 0 Å². The zero-order valence-corrected chi connectivity index (χ0v) is 13.8. The van der Waals surface area contributed by atoms with Gasteiger partial charge in [-0.3, -0.25) is 13.8 Å². The second-order valence-corrected chi connectivity index (χ2v) is 7.55. The van der Waals surface area contributed by atoms with Crippen molar-refractivity contribution in [2.75, 3.05) is 0 Å². The summed E-state index contributed by atoms with van der Waals surface area (Å²) in [5.41, 5.74) is 0.977. The molecule has 0 amide bonds. The molecule has 3 nitrogen and oxygen atoms in total. The largest absolute Gasteiger partial charge is 0.298 e. The van der Waals surface area contributed by atoms with Gasteiger partial charge in [0.15, 0.2) is 16.8 Å². The highest BCUT2D eigenvalue weighted by Crippen LogP contribution is 2.32. The average molecular weight is 347 g/mol. The number of hydrogen-bond donors (Lipinski definition) is 0. The smallest absolute Gasteiger partial charge is 0.156 e. The highest BCUT2D eigenvalue weighted by molar-refractivity contribution is 7.87. The molecule has 0 N–H and O–H groups in total. The van der Waals surface area contributed by atoms with Crippen LogP contribution in [0.25, 0.3) is 0 Å². The Balaban J connectivity index is 1.80. The zero-order valence-electron chi connectivity index (χ0n) is 12.3. The Morgan fingerprint density at radius 3 is 2.00 bits per heavy atom. The summed E-state index contributed by atoms with van der Waals surface area (Å²) in [5.74, 6) is -0.610. The van der Waals surface area contributed by atoms with Gasteiger partial charge in [-0.15, -0.1) is 0 Å². The molecular formula is C18H15ClO3S. The number of carbonyl (C=O) groups excluding carboxylic acids is 2. The molecular weight excluding hydrogens is 332 g/mol. The number of benzene rings is 2. The molecule has 2 aromatic carbocycles. The number of hydrogen-bond acceptors (Lipinski definition) is 3. The van der Waals surface area contributed by atoms with Crippen LogP contribution in [-0.2, 0) is 20.4 Å². The van der Waals surface area contributed by atoms with E-state index in [-0.39, 0.29) is 30.3 Å². The molecule has 0 bridgehead atoms. The molecule has 0 spiro atoms. The number of rotatable bonds is 3. The maximum absolute atomic E-state index is 12.6. The number of carbonyl (C=O) groups is 2. The first-order chi connectivity index (χ1) is 11.1. The highest BCUT2D eigenvalue weighted by Gasteiger charge is 2.40. The molecule has 1 saturated carbocycles. The molecule has 3 rings (SSSR count). The Kier molecular flexibility index (Phi) is 4.74. The SMILES string of the molecule is O=C1CC(c2ccccc2)CC(=O)C1[S@](=O)c1ccc(Cl)cc1. The molecule has 5 heteroatoms. The maximum atomic E-state index is 12.6. The van der Waals surface area contributed by atoms with Crippen molar-refractivity contribution in [3.05, 3.63) is 65.2 Å². The van der Waals surface area contributed by atoms with Crippen LogP contribution in [0.3, 0.4) is 0 Å². The van der Waals surface area contributed by atoms with E-state index in [1.807, 2.05) is 30.3 Å². The topological polar surface area (TPSA) is 51.2 Å². The molecule has 0 radical (unpaired) electrons. The number of Topliss-reactive ketones (excluding diaryl/α,β-unsaturated/α-hetero) is 2. The van der Waals surface area contributed by atoms with E-state index in [2.05, 4.69) is 0 Å². The maximum Gasteiger partial charge on any atom is 0.156 e. The Hall–Kier alpha value is -1.78. The Morgan fingerprint density at radius 2 is 1.43 bits per heavy atom. The Labute approximate surface area is 142 Å². The lowest BCUT2D eigenvalue weighted by Gasteiger charge is -2.26. The van der Waals surface area contributed by atoms with E-state index in [4.69, 9.17) is 11.6 Å². The van der Waals surface area contributed by atoms with Gasteiger partial charge in [0.2, 0.25) is 0 Å². The third kappa shape index (κ3) is 3.43. The van der Waals surface area contributed by atoms with Crippen molar-refractivity contribution in [1.29, 1.82) is 0 Å². The van der Waals surface area contributed by atoms with E-state index in [1.54, 1.807) is 24.3 Å². The second-order valence-electron chi connectivity index (χ2n) is 5.58. The lowest BCUT2D eigenvalue weighted by atomic mass is 9.82. The quantitative estimate of drug-likeness (QED) is 0.799. The van der Waals surface area contributed by atoms with Crippen molar-refractivity contribution in [1.82, 2.24) is 0 Å². The molecule has 23 heavy (non-hydrogen) atoms. The van der Waals surface area contributed by atoms with Crippen LogP contribution in [0, 0.1) is 0 Å². The molecule has 0 aliphatic heterocycles. The van der Waals surface area contributed by atoms with E-state index >= 15 is 0 Å². The van der Waals surface area contributed by atoms with Gasteiger partial charge in [0, 0.05) is 22.8 Å². The first kappa shape index (κ1) is 16.1. The van der Waals surface area contributed by atoms with Crippen LogP contribution in [0.4, 0.5) is 0 Å². The molecule has 1 aliphatic carbocycles. The Bertz CT molecular complexity index is 738. The summed E-state index contributed by atoms with van der Waals surface area (Å²) in [7, 11) is -1.67. The third-order valence-electron chi connectivity index (χ3n) is 4.01. The summed E-state index contributed by atoms with van der Waals surface area (Å²) < 4.78 is 12.6. The summed E-state index contributed by atoms with van der Waals surface area (Å²) >= 11 is 5.81. The predicted molar refractivity (Wildman–Crippen MR) is 90.1 cm³/mol. The molecule has 0 unspecified atom stereocenters. The minimum atomic E-state index is -1.67.